The lowest BCUT2D eigenvalue weighted by Crippen LogP contribution is -2.05. The smallest absolute Gasteiger partial charge is 0.340 e. The number of rotatable bonds is 4. The minimum Gasteiger partial charge on any atom is -0.462 e. The summed E-state index contributed by atoms with van der Waals surface area (Å²) in [6.07, 6.45) is 2.56. The van der Waals surface area contributed by atoms with Gasteiger partial charge in [-0.3, -0.25) is 4.79 Å². The highest BCUT2D eigenvalue weighted by Crippen LogP contribution is 2.33. The molecule has 1 aromatic carbocycles. The van der Waals surface area contributed by atoms with Crippen molar-refractivity contribution in [2.45, 2.75) is 13.8 Å². The summed E-state index contributed by atoms with van der Waals surface area (Å²) in [5.74, 6) is -0.416. The summed E-state index contributed by atoms with van der Waals surface area (Å²) in [4.78, 5) is 24.2. The number of esters is 1. The van der Waals surface area contributed by atoms with E-state index in [0.29, 0.717) is 22.3 Å². The Morgan fingerprint density at radius 2 is 2.04 bits per heavy atom. The topological polar surface area (TPSA) is 47.8 Å². The summed E-state index contributed by atoms with van der Waals surface area (Å²) >= 11 is 0. The van der Waals surface area contributed by atoms with E-state index in [-0.39, 0.29) is 6.61 Å². The zero-order valence-corrected chi connectivity index (χ0v) is 13.1. The second kappa shape index (κ2) is 6.08. The monoisotopic (exact) mass is 307 g/mol. The first-order chi connectivity index (χ1) is 11.2. The molecule has 0 radical (unpaired) electrons. The molecule has 0 saturated carbocycles. The molecule has 0 unspecified atom stereocenters. The van der Waals surface area contributed by atoms with E-state index in [1.165, 1.54) is 0 Å². The van der Waals surface area contributed by atoms with Crippen LogP contribution >= 0.6 is 0 Å². The molecule has 0 aliphatic carbocycles. The molecule has 116 valence electrons. The number of fused-ring (bicyclic) bond motifs is 1. The zero-order valence-electron chi connectivity index (χ0n) is 13.1. The second-order valence-corrected chi connectivity index (χ2v) is 5.30. The number of pyridine rings is 1. The molecule has 3 aromatic rings. The van der Waals surface area contributed by atoms with Crippen molar-refractivity contribution in [2.75, 3.05) is 6.61 Å². The van der Waals surface area contributed by atoms with Gasteiger partial charge in [-0.25, -0.2) is 4.79 Å². The maximum atomic E-state index is 12.5. The second-order valence-electron chi connectivity index (χ2n) is 5.30. The predicted octanol–water partition coefficient (Wildman–Crippen LogP) is 3.90. The minimum absolute atomic E-state index is 0.284. The molecule has 0 aliphatic rings. The molecule has 2 heterocycles. The van der Waals surface area contributed by atoms with Gasteiger partial charge in [-0.2, -0.15) is 0 Å². The normalized spacial score (nSPS) is 10.7. The maximum absolute atomic E-state index is 12.5. The Hall–Kier alpha value is -2.88. The number of hydrogen-bond acceptors (Lipinski definition) is 3. The van der Waals surface area contributed by atoms with E-state index in [0.717, 1.165) is 17.4 Å². The Labute approximate surface area is 134 Å². The van der Waals surface area contributed by atoms with Gasteiger partial charge in [0.25, 0.3) is 0 Å². The Bertz CT molecular complexity index is 893. The highest BCUT2D eigenvalue weighted by atomic mass is 16.5. The fraction of sp³-hybridized carbons (Fsp3) is 0.158. The quantitative estimate of drug-likeness (QED) is 0.542. The number of ether oxygens (including phenoxy) is 1. The molecule has 0 saturated heterocycles. The molecule has 23 heavy (non-hydrogen) atoms. The van der Waals surface area contributed by atoms with Gasteiger partial charge in [0.15, 0.2) is 6.29 Å². The van der Waals surface area contributed by atoms with Gasteiger partial charge in [0.2, 0.25) is 0 Å². The van der Waals surface area contributed by atoms with E-state index in [2.05, 4.69) is 0 Å². The molecule has 0 atom stereocenters. The first kappa shape index (κ1) is 15.0. The van der Waals surface area contributed by atoms with Crippen molar-refractivity contribution in [1.29, 1.82) is 0 Å². The van der Waals surface area contributed by atoms with Gasteiger partial charge in [0.05, 0.1) is 23.4 Å². The Morgan fingerprint density at radius 1 is 1.22 bits per heavy atom. The van der Waals surface area contributed by atoms with Gasteiger partial charge in [-0.05, 0) is 31.5 Å². The van der Waals surface area contributed by atoms with Gasteiger partial charge >= 0.3 is 5.97 Å². The third kappa shape index (κ3) is 2.52. The molecule has 0 amide bonds. The predicted molar refractivity (Wildman–Crippen MR) is 88.9 cm³/mol. The van der Waals surface area contributed by atoms with Gasteiger partial charge in [0.1, 0.15) is 0 Å². The Balaban J connectivity index is 2.40. The summed E-state index contributed by atoms with van der Waals surface area (Å²) in [5.41, 5.74) is 4.07. The van der Waals surface area contributed by atoms with Crippen LogP contribution in [0, 0.1) is 6.92 Å². The van der Waals surface area contributed by atoms with Crippen LogP contribution in [-0.4, -0.2) is 23.3 Å². The van der Waals surface area contributed by atoms with Crippen molar-refractivity contribution in [1.82, 2.24) is 4.40 Å². The molecule has 0 N–H and O–H groups in total. The van der Waals surface area contributed by atoms with Crippen molar-refractivity contribution < 1.29 is 14.3 Å². The molecule has 0 aliphatic heterocycles. The number of aromatic nitrogens is 1. The van der Waals surface area contributed by atoms with Crippen LogP contribution in [0.2, 0.25) is 0 Å². The first-order valence-corrected chi connectivity index (χ1v) is 7.49. The Morgan fingerprint density at radius 3 is 2.74 bits per heavy atom. The number of aryl methyl sites for hydroxylation is 1. The number of aldehydes is 1. The highest BCUT2D eigenvalue weighted by Gasteiger charge is 2.25. The van der Waals surface area contributed by atoms with Crippen LogP contribution in [0.15, 0.2) is 48.7 Å². The first-order valence-electron chi connectivity index (χ1n) is 7.49. The van der Waals surface area contributed by atoms with Crippen LogP contribution in [0.5, 0.6) is 0 Å². The van der Waals surface area contributed by atoms with Crippen LogP contribution < -0.4 is 0 Å². The third-order valence-corrected chi connectivity index (χ3v) is 3.78. The lowest BCUT2D eigenvalue weighted by molar-refractivity contribution is 0.0529. The lowest BCUT2D eigenvalue weighted by Gasteiger charge is -2.06. The molecule has 0 bridgehead atoms. The van der Waals surface area contributed by atoms with Gasteiger partial charge in [0, 0.05) is 11.8 Å². The summed E-state index contributed by atoms with van der Waals surface area (Å²) in [6.45, 7) is 4.03. The van der Waals surface area contributed by atoms with Crippen molar-refractivity contribution in [3.05, 3.63) is 65.5 Å². The summed E-state index contributed by atoms with van der Waals surface area (Å²) in [5, 5.41) is 0. The van der Waals surface area contributed by atoms with E-state index < -0.39 is 5.97 Å². The van der Waals surface area contributed by atoms with Crippen LogP contribution in [0.3, 0.4) is 0 Å². The van der Waals surface area contributed by atoms with E-state index in [1.807, 2.05) is 49.4 Å². The zero-order chi connectivity index (χ0) is 16.4. The average Bonchev–Trinajstić information content (AvgIpc) is 2.89. The molecule has 2 aromatic heterocycles. The largest absolute Gasteiger partial charge is 0.462 e. The third-order valence-electron chi connectivity index (χ3n) is 3.78. The number of nitrogens with zero attached hydrogens (tertiary/aromatic N) is 1. The fourth-order valence-corrected chi connectivity index (χ4v) is 2.85. The number of hydrogen-bond donors (Lipinski definition) is 0. The molecule has 4 nitrogen and oxygen atoms in total. The SMILES string of the molecule is CCOC(=O)c1c(-c2cccc(C)c2)c(C=O)n2ccccc12. The van der Waals surface area contributed by atoms with Gasteiger partial charge < -0.3 is 9.14 Å². The summed E-state index contributed by atoms with van der Waals surface area (Å²) in [7, 11) is 0. The summed E-state index contributed by atoms with van der Waals surface area (Å²) < 4.78 is 6.95. The lowest BCUT2D eigenvalue weighted by atomic mass is 9.99. The molecular formula is C19H17NO3. The van der Waals surface area contributed by atoms with Crippen LogP contribution in [0.4, 0.5) is 0 Å². The minimum atomic E-state index is -0.416. The molecule has 4 heteroatoms. The van der Waals surface area contributed by atoms with Crippen molar-refractivity contribution >= 4 is 17.8 Å². The van der Waals surface area contributed by atoms with Crippen molar-refractivity contribution in [3.8, 4) is 11.1 Å². The standard InChI is InChI=1S/C19H17NO3/c1-3-23-19(22)18-15-9-4-5-10-20(15)16(12-21)17(18)14-8-6-7-13(2)11-14/h4-12H,3H2,1-2H3. The molecular weight excluding hydrogens is 290 g/mol. The van der Waals surface area contributed by atoms with E-state index in [9.17, 15) is 9.59 Å². The van der Waals surface area contributed by atoms with Crippen LogP contribution in [0.1, 0.15) is 33.3 Å². The van der Waals surface area contributed by atoms with Gasteiger partial charge in [-0.15, -0.1) is 0 Å². The van der Waals surface area contributed by atoms with Gasteiger partial charge in [-0.1, -0.05) is 35.9 Å². The molecule has 0 spiro atoms. The highest BCUT2D eigenvalue weighted by molar-refractivity contribution is 6.09. The number of carbonyl (C=O) groups is 2. The van der Waals surface area contributed by atoms with Crippen LogP contribution in [0.25, 0.3) is 16.6 Å². The van der Waals surface area contributed by atoms with Crippen molar-refractivity contribution in [3.63, 3.8) is 0 Å². The maximum Gasteiger partial charge on any atom is 0.340 e. The van der Waals surface area contributed by atoms with E-state index in [4.69, 9.17) is 4.74 Å². The average molecular weight is 307 g/mol. The van der Waals surface area contributed by atoms with Crippen LogP contribution in [-0.2, 0) is 4.74 Å². The Kier molecular flexibility index (Phi) is 3.98. The summed E-state index contributed by atoms with van der Waals surface area (Å²) in [6, 6.07) is 13.2. The van der Waals surface area contributed by atoms with Crippen molar-refractivity contribution in [2.24, 2.45) is 0 Å². The van der Waals surface area contributed by atoms with E-state index >= 15 is 0 Å². The number of carbonyl (C=O) groups excluding carboxylic acids is 2. The molecule has 0 fully saturated rings. The molecule has 3 rings (SSSR count). The van der Waals surface area contributed by atoms with E-state index in [1.54, 1.807) is 17.5 Å². The fourth-order valence-electron chi connectivity index (χ4n) is 2.85. The number of benzene rings is 1.